The fourth-order valence-electron chi connectivity index (χ4n) is 1.86. The number of carbonyl (C=O) groups excluding carboxylic acids is 1. The smallest absolute Gasteiger partial charge is 0.220 e. The molecular weight excluding hydrogens is 266 g/mol. The SMILES string of the molecule is O=C(CCCCCl)NCC1COc2ccccc2O1. The summed E-state index contributed by atoms with van der Waals surface area (Å²) < 4.78 is 11.3. The van der Waals surface area contributed by atoms with E-state index in [4.69, 9.17) is 21.1 Å². The lowest BCUT2D eigenvalue weighted by Gasteiger charge is -2.26. The number of hydrogen-bond acceptors (Lipinski definition) is 3. The van der Waals surface area contributed by atoms with E-state index in [2.05, 4.69) is 5.32 Å². The number of ether oxygens (including phenoxy) is 2. The van der Waals surface area contributed by atoms with E-state index in [1.807, 2.05) is 24.3 Å². The molecule has 2 rings (SSSR count). The van der Waals surface area contributed by atoms with Crippen LogP contribution in [0.5, 0.6) is 11.5 Å². The highest BCUT2D eigenvalue weighted by Gasteiger charge is 2.20. The van der Waals surface area contributed by atoms with Crippen molar-refractivity contribution in [2.24, 2.45) is 0 Å². The number of hydrogen-bond donors (Lipinski definition) is 1. The molecule has 1 atom stereocenters. The van der Waals surface area contributed by atoms with Gasteiger partial charge in [0.1, 0.15) is 12.7 Å². The summed E-state index contributed by atoms with van der Waals surface area (Å²) in [5.74, 6) is 2.12. The van der Waals surface area contributed by atoms with Crippen LogP contribution in [0.1, 0.15) is 19.3 Å². The molecule has 0 bridgehead atoms. The third-order valence-corrected chi connectivity index (χ3v) is 3.15. The summed E-state index contributed by atoms with van der Waals surface area (Å²) in [5, 5.41) is 2.86. The van der Waals surface area contributed by atoms with E-state index in [1.54, 1.807) is 0 Å². The van der Waals surface area contributed by atoms with Crippen LogP contribution in [0.3, 0.4) is 0 Å². The molecule has 5 heteroatoms. The Morgan fingerprint density at radius 2 is 2.11 bits per heavy atom. The second-order valence-electron chi connectivity index (χ2n) is 4.45. The molecular formula is C14H18ClNO3. The number of benzene rings is 1. The lowest BCUT2D eigenvalue weighted by molar-refractivity contribution is -0.121. The molecule has 1 aromatic rings. The molecule has 4 nitrogen and oxygen atoms in total. The van der Waals surface area contributed by atoms with Crippen LogP contribution in [-0.4, -0.2) is 31.0 Å². The standard InChI is InChI=1S/C14H18ClNO3/c15-8-4-3-7-14(17)16-9-11-10-18-12-5-1-2-6-13(12)19-11/h1-2,5-6,11H,3-4,7-10H2,(H,16,17). The van der Waals surface area contributed by atoms with Crippen molar-refractivity contribution in [2.75, 3.05) is 19.0 Å². The Morgan fingerprint density at radius 1 is 1.32 bits per heavy atom. The number of alkyl halides is 1. The van der Waals surface area contributed by atoms with Crippen LogP contribution < -0.4 is 14.8 Å². The summed E-state index contributed by atoms with van der Waals surface area (Å²) in [5.41, 5.74) is 0. The monoisotopic (exact) mass is 283 g/mol. The Morgan fingerprint density at radius 3 is 2.89 bits per heavy atom. The fraction of sp³-hybridized carbons (Fsp3) is 0.500. The summed E-state index contributed by atoms with van der Waals surface area (Å²) in [4.78, 5) is 11.6. The molecule has 1 unspecified atom stereocenters. The van der Waals surface area contributed by atoms with Gasteiger partial charge in [0, 0.05) is 12.3 Å². The first-order valence-electron chi connectivity index (χ1n) is 6.50. The summed E-state index contributed by atoms with van der Waals surface area (Å²) in [7, 11) is 0. The van der Waals surface area contributed by atoms with E-state index in [0.29, 0.717) is 25.5 Å². The molecule has 1 aromatic carbocycles. The average Bonchev–Trinajstić information content (AvgIpc) is 2.45. The number of para-hydroxylation sites is 2. The minimum atomic E-state index is -0.133. The van der Waals surface area contributed by atoms with E-state index >= 15 is 0 Å². The predicted octanol–water partition coefficient (Wildman–Crippen LogP) is 2.35. The Balaban J connectivity index is 1.72. The Labute approximate surface area is 118 Å². The van der Waals surface area contributed by atoms with E-state index in [9.17, 15) is 4.79 Å². The van der Waals surface area contributed by atoms with Gasteiger partial charge in [-0.25, -0.2) is 0 Å². The Kier molecular flexibility index (Phi) is 5.33. The summed E-state index contributed by atoms with van der Waals surface area (Å²) in [6.45, 7) is 0.924. The normalized spacial score (nSPS) is 17.0. The number of carbonyl (C=O) groups is 1. The minimum Gasteiger partial charge on any atom is -0.486 e. The number of amides is 1. The number of nitrogens with one attached hydrogen (secondary N) is 1. The van der Waals surface area contributed by atoms with Crippen LogP contribution in [-0.2, 0) is 4.79 Å². The molecule has 104 valence electrons. The highest BCUT2D eigenvalue weighted by molar-refractivity contribution is 6.17. The molecule has 0 aromatic heterocycles. The van der Waals surface area contributed by atoms with Gasteiger partial charge in [-0.15, -0.1) is 11.6 Å². The minimum absolute atomic E-state index is 0.0348. The number of unbranched alkanes of at least 4 members (excludes halogenated alkanes) is 1. The van der Waals surface area contributed by atoms with Crippen LogP contribution in [0.4, 0.5) is 0 Å². The van der Waals surface area contributed by atoms with Crippen molar-refractivity contribution < 1.29 is 14.3 Å². The molecule has 0 spiro atoms. The van der Waals surface area contributed by atoms with E-state index < -0.39 is 0 Å². The third-order valence-electron chi connectivity index (χ3n) is 2.88. The molecule has 0 saturated carbocycles. The van der Waals surface area contributed by atoms with Gasteiger partial charge in [0.15, 0.2) is 11.5 Å². The van der Waals surface area contributed by atoms with Gasteiger partial charge in [-0.2, -0.15) is 0 Å². The first-order chi connectivity index (χ1) is 9.29. The van der Waals surface area contributed by atoms with Crippen LogP contribution in [0.15, 0.2) is 24.3 Å². The molecule has 19 heavy (non-hydrogen) atoms. The highest BCUT2D eigenvalue weighted by atomic mass is 35.5. The number of fused-ring (bicyclic) bond motifs is 1. The van der Waals surface area contributed by atoms with Crippen molar-refractivity contribution in [3.8, 4) is 11.5 Å². The molecule has 0 saturated heterocycles. The Hall–Kier alpha value is -1.42. The predicted molar refractivity (Wildman–Crippen MR) is 73.9 cm³/mol. The van der Waals surface area contributed by atoms with Gasteiger partial charge >= 0.3 is 0 Å². The first kappa shape index (κ1) is 14.0. The molecule has 0 radical (unpaired) electrons. The van der Waals surface area contributed by atoms with Crippen LogP contribution in [0, 0.1) is 0 Å². The largest absolute Gasteiger partial charge is 0.486 e. The lowest BCUT2D eigenvalue weighted by atomic mass is 10.2. The quantitative estimate of drug-likeness (QED) is 0.644. The zero-order valence-electron chi connectivity index (χ0n) is 10.7. The van der Waals surface area contributed by atoms with Crippen molar-refractivity contribution in [3.05, 3.63) is 24.3 Å². The van der Waals surface area contributed by atoms with Gasteiger partial charge in [0.2, 0.25) is 5.91 Å². The number of halogens is 1. The van der Waals surface area contributed by atoms with Gasteiger partial charge in [-0.3, -0.25) is 4.79 Å². The second kappa shape index (κ2) is 7.24. The van der Waals surface area contributed by atoms with Gasteiger partial charge in [0.25, 0.3) is 0 Å². The number of rotatable bonds is 6. The maximum absolute atomic E-state index is 11.6. The maximum atomic E-state index is 11.6. The van der Waals surface area contributed by atoms with Gasteiger partial charge < -0.3 is 14.8 Å². The van der Waals surface area contributed by atoms with Crippen molar-refractivity contribution >= 4 is 17.5 Å². The fourth-order valence-corrected chi connectivity index (χ4v) is 2.05. The zero-order chi connectivity index (χ0) is 13.5. The Bertz CT molecular complexity index is 425. The van der Waals surface area contributed by atoms with Crippen molar-refractivity contribution in [2.45, 2.75) is 25.4 Å². The molecule has 0 aliphatic carbocycles. The van der Waals surface area contributed by atoms with Gasteiger partial charge in [-0.05, 0) is 25.0 Å². The molecule has 1 N–H and O–H groups in total. The topological polar surface area (TPSA) is 47.6 Å². The first-order valence-corrected chi connectivity index (χ1v) is 7.04. The van der Waals surface area contributed by atoms with Crippen molar-refractivity contribution in [1.29, 1.82) is 0 Å². The third kappa shape index (κ3) is 4.31. The van der Waals surface area contributed by atoms with Crippen LogP contribution in [0.25, 0.3) is 0 Å². The van der Waals surface area contributed by atoms with E-state index in [0.717, 1.165) is 24.3 Å². The zero-order valence-corrected chi connectivity index (χ0v) is 11.5. The molecule has 1 heterocycles. The maximum Gasteiger partial charge on any atom is 0.220 e. The molecule has 1 amide bonds. The summed E-state index contributed by atoms with van der Waals surface area (Å²) in [6.07, 6.45) is 2.06. The second-order valence-corrected chi connectivity index (χ2v) is 4.83. The summed E-state index contributed by atoms with van der Waals surface area (Å²) in [6, 6.07) is 7.54. The molecule has 1 aliphatic rings. The van der Waals surface area contributed by atoms with Gasteiger partial charge in [0.05, 0.1) is 6.54 Å². The van der Waals surface area contributed by atoms with Crippen LogP contribution in [0.2, 0.25) is 0 Å². The molecule has 1 aliphatic heterocycles. The molecule has 0 fully saturated rings. The van der Waals surface area contributed by atoms with E-state index in [-0.39, 0.29) is 12.0 Å². The van der Waals surface area contributed by atoms with Crippen molar-refractivity contribution in [3.63, 3.8) is 0 Å². The van der Waals surface area contributed by atoms with Gasteiger partial charge in [-0.1, -0.05) is 12.1 Å². The average molecular weight is 284 g/mol. The van der Waals surface area contributed by atoms with Crippen molar-refractivity contribution in [1.82, 2.24) is 5.32 Å². The highest BCUT2D eigenvalue weighted by Crippen LogP contribution is 2.30. The van der Waals surface area contributed by atoms with Crippen LogP contribution >= 0.6 is 11.6 Å². The lowest BCUT2D eigenvalue weighted by Crippen LogP contribution is -2.40. The summed E-state index contributed by atoms with van der Waals surface area (Å²) >= 11 is 5.56. The van der Waals surface area contributed by atoms with E-state index in [1.165, 1.54) is 0 Å².